The van der Waals surface area contributed by atoms with E-state index in [-0.39, 0.29) is 11.8 Å². The molecule has 4 rings (SSSR count). The van der Waals surface area contributed by atoms with Gasteiger partial charge in [0.25, 0.3) is 6.01 Å². The third-order valence-corrected chi connectivity index (χ3v) is 4.82. The molecule has 27 heavy (non-hydrogen) atoms. The van der Waals surface area contributed by atoms with Crippen LogP contribution in [0, 0.1) is 5.92 Å². The zero-order valence-corrected chi connectivity index (χ0v) is 15.6. The molecular formula is C22H22N2O3. The molecule has 1 aromatic heterocycles. The zero-order chi connectivity index (χ0) is 18.8. The minimum atomic E-state index is 0.186. The maximum Gasteiger partial charge on any atom is 0.300 e. The van der Waals surface area contributed by atoms with Crippen LogP contribution in [0.2, 0.25) is 0 Å². The van der Waals surface area contributed by atoms with Crippen molar-refractivity contribution in [3.05, 3.63) is 77.8 Å². The number of nitrogens with one attached hydrogen (secondary N) is 1. The Labute approximate surface area is 158 Å². The number of anilines is 2. The zero-order valence-electron chi connectivity index (χ0n) is 15.6. The summed E-state index contributed by atoms with van der Waals surface area (Å²) < 4.78 is 16.7. The highest BCUT2D eigenvalue weighted by Gasteiger charge is 2.25. The van der Waals surface area contributed by atoms with Crippen molar-refractivity contribution >= 4 is 22.8 Å². The van der Waals surface area contributed by atoms with Crippen LogP contribution in [0.4, 0.5) is 11.7 Å². The minimum absolute atomic E-state index is 0.186. The minimum Gasteiger partial charge on any atom is -0.493 e. The number of aromatic nitrogens is 1. The van der Waals surface area contributed by atoms with E-state index < -0.39 is 0 Å². The van der Waals surface area contributed by atoms with Crippen LogP contribution in [0.25, 0.3) is 11.1 Å². The summed E-state index contributed by atoms with van der Waals surface area (Å²) in [6, 6.07) is 16.5. The molecule has 0 radical (unpaired) electrons. The highest BCUT2D eigenvalue weighted by atomic mass is 16.5. The monoisotopic (exact) mass is 362 g/mol. The smallest absolute Gasteiger partial charge is 0.300 e. The molecule has 5 heteroatoms. The molecule has 0 fully saturated rings. The molecule has 3 aromatic rings. The third kappa shape index (κ3) is 3.40. The summed E-state index contributed by atoms with van der Waals surface area (Å²) in [5, 5.41) is 3.19. The number of ether oxygens (including phenoxy) is 2. The van der Waals surface area contributed by atoms with Crippen molar-refractivity contribution in [1.29, 1.82) is 0 Å². The second-order valence-corrected chi connectivity index (χ2v) is 6.59. The van der Waals surface area contributed by atoms with Crippen molar-refractivity contribution in [2.75, 3.05) is 19.5 Å². The number of allylic oxidation sites excluding steroid dienone is 2. The fourth-order valence-electron chi connectivity index (χ4n) is 3.41. The molecule has 1 aliphatic rings. The van der Waals surface area contributed by atoms with Crippen LogP contribution in [0.5, 0.6) is 0 Å². The van der Waals surface area contributed by atoms with E-state index in [0.29, 0.717) is 6.01 Å². The van der Waals surface area contributed by atoms with Gasteiger partial charge in [0.05, 0.1) is 14.2 Å². The third-order valence-electron chi connectivity index (χ3n) is 4.82. The highest BCUT2D eigenvalue weighted by Crippen LogP contribution is 2.36. The summed E-state index contributed by atoms with van der Waals surface area (Å²) in [6.45, 7) is 2.17. The summed E-state index contributed by atoms with van der Waals surface area (Å²) in [5.74, 6) is 2.00. The lowest BCUT2D eigenvalue weighted by Gasteiger charge is -2.25. The van der Waals surface area contributed by atoms with Gasteiger partial charge in [-0.05, 0) is 47.9 Å². The van der Waals surface area contributed by atoms with Gasteiger partial charge in [-0.2, -0.15) is 4.98 Å². The van der Waals surface area contributed by atoms with Crippen LogP contribution in [0.1, 0.15) is 18.4 Å². The molecule has 1 aliphatic carbocycles. The molecular weight excluding hydrogens is 340 g/mol. The summed E-state index contributed by atoms with van der Waals surface area (Å²) in [7, 11) is 3.32. The molecule has 0 spiro atoms. The number of fused-ring (bicyclic) bond motifs is 1. The van der Waals surface area contributed by atoms with Gasteiger partial charge in [-0.15, -0.1) is 0 Å². The number of benzene rings is 2. The average molecular weight is 362 g/mol. The Hall–Kier alpha value is -3.21. The molecule has 2 atom stereocenters. The first-order valence-corrected chi connectivity index (χ1v) is 8.92. The van der Waals surface area contributed by atoms with Crippen LogP contribution in [0.15, 0.2) is 76.6 Å². The number of hydrogen-bond donors (Lipinski definition) is 1. The molecule has 0 bridgehead atoms. The Kier molecular flexibility index (Phi) is 4.59. The molecule has 5 nitrogen and oxygen atoms in total. The first-order valence-electron chi connectivity index (χ1n) is 8.92. The van der Waals surface area contributed by atoms with E-state index in [4.69, 9.17) is 13.9 Å². The van der Waals surface area contributed by atoms with Gasteiger partial charge in [0.1, 0.15) is 5.52 Å². The van der Waals surface area contributed by atoms with Gasteiger partial charge in [0.15, 0.2) is 17.1 Å². The van der Waals surface area contributed by atoms with Crippen molar-refractivity contribution in [3.63, 3.8) is 0 Å². The predicted molar refractivity (Wildman–Crippen MR) is 106 cm³/mol. The van der Waals surface area contributed by atoms with E-state index in [0.717, 1.165) is 33.9 Å². The predicted octanol–water partition coefficient (Wildman–Crippen LogP) is 5.37. The van der Waals surface area contributed by atoms with Crippen LogP contribution >= 0.6 is 0 Å². The molecule has 0 saturated carbocycles. The second-order valence-electron chi connectivity index (χ2n) is 6.59. The topological polar surface area (TPSA) is 56.5 Å². The number of rotatable bonds is 5. The normalized spacial score (nSPS) is 19.4. The number of nitrogens with zero attached hydrogens (tertiary/aromatic N) is 1. The first-order chi connectivity index (χ1) is 13.2. The molecule has 0 aliphatic heterocycles. The molecule has 1 heterocycles. The van der Waals surface area contributed by atoms with Crippen molar-refractivity contribution in [2.45, 2.75) is 12.8 Å². The van der Waals surface area contributed by atoms with Crippen LogP contribution in [-0.2, 0) is 9.47 Å². The lowest BCUT2D eigenvalue weighted by Crippen LogP contribution is -2.14. The average Bonchev–Trinajstić information content (AvgIpc) is 3.09. The first kappa shape index (κ1) is 17.2. The van der Waals surface area contributed by atoms with Gasteiger partial charge >= 0.3 is 0 Å². The van der Waals surface area contributed by atoms with Crippen LogP contribution < -0.4 is 5.32 Å². The lowest BCUT2D eigenvalue weighted by atomic mass is 9.83. The van der Waals surface area contributed by atoms with Gasteiger partial charge in [0, 0.05) is 11.6 Å². The SMILES string of the molecule is COC1=CC(C)C(c2ccc3oc(Nc4ccccc4)nc3c2)C=C1OC. The Bertz CT molecular complexity index is 1000. The standard InChI is InChI=1S/C22H22N2O3/c1-14-11-20(25-2)21(26-3)13-17(14)15-9-10-19-18(12-15)24-22(27-19)23-16-7-5-4-6-8-16/h4-14,17H,1-3H3,(H,23,24). The van der Waals surface area contributed by atoms with E-state index in [1.54, 1.807) is 14.2 Å². The van der Waals surface area contributed by atoms with Crippen molar-refractivity contribution in [3.8, 4) is 0 Å². The Morgan fingerprint density at radius 3 is 2.44 bits per heavy atom. The summed E-state index contributed by atoms with van der Waals surface area (Å²) in [6.07, 6.45) is 4.20. The van der Waals surface area contributed by atoms with Gasteiger partial charge in [-0.25, -0.2) is 0 Å². The van der Waals surface area contributed by atoms with Crippen LogP contribution in [-0.4, -0.2) is 19.2 Å². The molecule has 0 amide bonds. The van der Waals surface area contributed by atoms with Gasteiger partial charge in [-0.3, -0.25) is 0 Å². The number of oxazole rings is 1. The summed E-state index contributed by atoms with van der Waals surface area (Å²) in [5.41, 5.74) is 3.68. The van der Waals surface area contributed by atoms with Crippen molar-refractivity contribution < 1.29 is 13.9 Å². The van der Waals surface area contributed by atoms with Crippen molar-refractivity contribution in [2.24, 2.45) is 5.92 Å². The van der Waals surface area contributed by atoms with Gasteiger partial charge in [-0.1, -0.05) is 31.2 Å². The fourth-order valence-corrected chi connectivity index (χ4v) is 3.41. The largest absolute Gasteiger partial charge is 0.493 e. The maximum absolute atomic E-state index is 5.82. The number of methoxy groups -OCH3 is 2. The van der Waals surface area contributed by atoms with Gasteiger partial charge in [0.2, 0.25) is 0 Å². The Balaban J connectivity index is 1.64. The van der Waals surface area contributed by atoms with Crippen LogP contribution in [0.3, 0.4) is 0 Å². The van der Waals surface area contributed by atoms with E-state index in [1.165, 1.54) is 0 Å². The molecule has 1 N–H and O–H groups in total. The van der Waals surface area contributed by atoms with E-state index in [2.05, 4.69) is 41.5 Å². The molecule has 0 saturated heterocycles. The number of hydrogen-bond acceptors (Lipinski definition) is 5. The van der Waals surface area contributed by atoms with Gasteiger partial charge < -0.3 is 19.2 Å². The van der Waals surface area contributed by atoms with Crippen molar-refractivity contribution in [1.82, 2.24) is 4.98 Å². The highest BCUT2D eigenvalue weighted by molar-refractivity contribution is 5.76. The lowest BCUT2D eigenvalue weighted by molar-refractivity contribution is 0.210. The van der Waals surface area contributed by atoms with E-state index >= 15 is 0 Å². The molecule has 138 valence electrons. The number of para-hydroxylation sites is 1. The maximum atomic E-state index is 5.82. The van der Waals surface area contributed by atoms with E-state index in [1.807, 2.05) is 36.4 Å². The quantitative estimate of drug-likeness (QED) is 0.662. The fraction of sp³-hybridized carbons (Fsp3) is 0.227. The Morgan fingerprint density at radius 1 is 0.963 bits per heavy atom. The molecule has 2 unspecified atom stereocenters. The summed E-state index contributed by atoms with van der Waals surface area (Å²) >= 11 is 0. The Morgan fingerprint density at radius 2 is 1.70 bits per heavy atom. The van der Waals surface area contributed by atoms with E-state index in [9.17, 15) is 0 Å². The molecule has 2 aromatic carbocycles. The summed E-state index contributed by atoms with van der Waals surface area (Å²) in [4.78, 5) is 4.59. The second kappa shape index (κ2) is 7.19.